The largest absolute Gasteiger partial charge is 0.370 e. The molecule has 114 valence electrons. The number of anilines is 1. The highest BCUT2D eigenvalue weighted by atomic mass is 32.2. The maximum absolute atomic E-state index is 12.2. The Balaban J connectivity index is 2.08. The lowest BCUT2D eigenvalue weighted by Crippen LogP contribution is -2.23. The molecule has 8 heteroatoms. The van der Waals surface area contributed by atoms with Gasteiger partial charge >= 0.3 is 0 Å². The number of nitrogens with zero attached hydrogens (tertiary/aromatic N) is 2. The number of nitrogens with one attached hydrogen (secondary N) is 2. The second-order valence-corrected chi connectivity index (χ2v) is 7.22. The van der Waals surface area contributed by atoms with E-state index in [-0.39, 0.29) is 11.4 Å². The normalized spacial score (nSPS) is 11.5. The van der Waals surface area contributed by atoms with Gasteiger partial charge in [0, 0.05) is 29.9 Å². The van der Waals surface area contributed by atoms with E-state index in [2.05, 4.69) is 20.0 Å². The van der Waals surface area contributed by atoms with Gasteiger partial charge in [0.15, 0.2) is 0 Å². The molecule has 2 N–H and O–H groups in total. The van der Waals surface area contributed by atoms with Gasteiger partial charge in [0.1, 0.15) is 10.8 Å². The Morgan fingerprint density at radius 3 is 2.86 bits per heavy atom. The first kappa shape index (κ1) is 15.9. The quantitative estimate of drug-likeness (QED) is 0.814. The van der Waals surface area contributed by atoms with Crippen LogP contribution in [-0.2, 0) is 16.6 Å². The van der Waals surface area contributed by atoms with Crippen LogP contribution < -0.4 is 10.0 Å². The Morgan fingerprint density at radius 2 is 2.19 bits per heavy atom. The van der Waals surface area contributed by atoms with Crippen molar-refractivity contribution >= 4 is 27.2 Å². The first-order valence-corrected chi connectivity index (χ1v) is 8.98. The summed E-state index contributed by atoms with van der Waals surface area (Å²) in [6.45, 7) is 4.86. The smallest absolute Gasteiger partial charge is 0.241 e. The Kier molecular flexibility index (Phi) is 5.27. The van der Waals surface area contributed by atoms with Crippen LogP contribution in [0.2, 0.25) is 0 Å². The summed E-state index contributed by atoms with van der Waals surface area (Å²) < 4.78 is 27.0. The summed E-state index contributed by atoms with van der Waals surface area (Å²) in [4.78, 5) is 8.53. The SMILES string of the molecule is CCCNc1cc(S(=O)(=O)NCc2nc(C)cs2)ccn1. The van der Waals surface area contributed by atoms with Crippen molar-refractivity contribution < 1.29 is 8.42 Å². The third kappa shape index (κ3) is 4.48. The van der Waals surface area contributed by atoms with Crippen molar-refractivity contribution in [2.45, 2.75) is 31.7 Å². The molecule has 6 nitrogen and oxygen atoms in total. The number of sulfonamides is 1. The molecule has 2 rings (SSSR count). The number of thiazole rings is 1. The highest BCUT2D eigenvalue weighted by Crippen LogP contribution is 2.14. The molecule has 0 spiro atoms. The van der Waals surface area contributed by atoms with Gasteiger partial charge in [-0.25, -0.2) is 23.1 Å². The molecule has 0 fully saturated rings. The zero-order chi connectivity index (χ0) is 15.3. The standard InChI is InChI=1S/C13H18N4O2S2/c1-3-5-14-12-7-11(4-6-15-12)21(18,19)16-8-13-17-10(2)9-20-13/h4,6-7,9,16H,3,5,8H2,1-2H3,(H,14,15). The second-order valence-electron chi connectivity index (χ2n) is 4.51. The lowest BCUT2D eigenvalue weighted by atomic mass is 10.4. The number of pyridine rings is 1. The van der Waals surface area contributed by atoms with Gasteiger partial charge in [0.05, 0.1) is 11.4 Å². The summed E-state index contributed by atoms with van der Waals surface area (Å²) in [7, 11) is -3.56. The van der Waals surface area contributed by atoms with Gasteiger partial charge in [0.25, 0.3) is 0 Å². The molecule has 2 heterocycles. The first-order valence-electron chi connectivity index (χ1n) is 6.62. The van der Waals surface area contributed by atoms with Gasteiger partial charge in [-0.15, -0.1) is 11.3 Å². The summed E-state index contributed by atoms with van der Waals surface area (Å²) in [5.41, 5.74) is 0.893. The van der Waals surface area contributed by atoms with E-state index in [4.69, 9.17) is 0 Å². The van der Waals surface area contributed by atoms with Crippen molar-refractivity contribution in [2.75, 3.05) is 11.9 Å². The van der Waals surface area contributed by atoms with Gasteiger partial charge in [-0.1, -0.05) is 6.92 Å². The topological polar surface area (TPSA) is 84.0 Å². The number of hydrogen-bond acceptors (Lipinski definition) is 6. The second kappa shape index (κ2) is 6.97. The minimum atomic E-state index is -3.56. The molecule has 0 radical (unpaired) electrons. The average Bonchev–Trinajstić information content (AvgIpc) is 2.89. The fraction of sp³-hybridized carbons (Fsp3) is 0.385. The first-order chi connectivity index (χ1) is 10.0. The van der Waals surface area contributed by atoms with E-state index < -0.39 is 10.0 Å². The van der Waals surface area contributed by atoms with E-state index in [1.807, 2.05) is 19.2 Å². The predicted octanol–water partition coefficient (Wildman–Crippen LogP) is 2.15. The van der Waals surface area contributed by atoms with E-state index in [0.717, 1.165) is 23.7 Å². The van der Waals surface area contributed by atoms with Crippen LogP contribution in [0.15, 0.2) is 28.6 Å². The molecule has 0 amide bonds. The summed E-state index contributed by atoms with van der Waals surface area (Å²) >= 11 is 1.44. The number of aryl methyl sites for hydroxylation is 1. The third-order valence-electron chi connectivity index (χ3n) is 2.68. The molecule has 21 heavy (non-hydrogen) atoms. The van der Waals surface area contributed by atoms with E-state index in [9.17, 15) is 8.42 Å². The fourth-order valence-corrected chi connectivity index (χ4v) is 3.46. The van der Waals surface area contributed by atoms with Crippen LogP contribution in [0.4, 0.5) is 5.82 Å². The van der Waals surface area contributed by atoms with Crippen molar-refractivity contribution in [2.24, 2.45) is 0 Å². The Hall–Kier alpha value is -1.51. The molecule has 0 saturated carbocycles. The number of hydrogen-bond donors (Lipinski definition) is 2. The molecule has 2 aromatic heterocycles. The fourth-order valence-electron chi connectivity index (χ4n) is 1.65. The van der Waals surface area contributed by atoms with E-state index in [0.29, 0.717) is 5.82 Å². The van der Waals surface area contributed by atoms with Gasteiger partial charge in [-0.2, -0.15) is 0 Å². The highest BCUT2D eigenvalue weighted by molar-refractivity contribution is 7.89. The minimum absolute atomic E-state index is 0.195. The molecule has 0 aliphatic carbocycles. The van der Waals surface area contributed by atoms with Crippen molar-refractivity contribution in [3.8, 4) is 0 Å². The summed E-state index contributed by atoms with van der Waals surface area (Å²) in [5.74, 6) is 0.560. The van der Waals surface area contributed by atoms with Gasteiger partial charge in [-0.05, 0) is 19.4 Å². The van der Waals surface area contributed by atoms with Crippen LogP contribution >= 0.6 is 11.3 Å². The zero-order valence-corrected chi connectivity index (χ0v) is 13.6. The molecule has 2 aromatic rings. The molecular formula is C13H18N4O2S2. The summed E-state index contributed by atoms with van der Waals surface area (Å²) in [6.07, 6.45) is 2.43. The molecule has 0 bridgehead atoms. The monoisotopic (exact) mass is 326 g/mol. The van der Waals surface area contributed by atoms with Crippen molar-refractivity contribution in [1.29, 1.82) is 0 Å². The van der Waals surface area contributed by atoms with Crippen LogP contribution in [0.25, 0.3) is 0 Å². The van der Waals surface area contributed by atoms with Crippen molar-refractivity contribution in [3.63, 3.8) is 0 Å². The molecule has 0 unspecified atom stereocenters. The highest BCUT2D eigenvalue weighted by Gasteiger charge is 2.15. The maximum atomic E-state index is 12.2. The van der Waals surface area contributed by atoms with Crippen molar-refractivity contribution in [3.05, 3.63) is 34.4 Å². The van der Waals surface area contributed by atoms with Gasteiger partial charge < -0.3 is 5.32 Å². The van der Waals surface area contributed by atoms with Crippen LogP contribution in [0.3, 0.4) is 0 Å². The van der Waals surface area contributed by atoms with Crippen molar-refractivity contribution in [1.82, 2.24) is 14.7 Å². The number of aromatic nitrogens is 2. The summed E-state index contributed by atoms with van der Waals surface area (Å²) in [6, 6.07) is 3.01. The third-order valence-corrected chi connectivity index (χ3v) is 5.04. The predicted molar refractivity (Wildman–Crippen MR) is 83.9 cm³/mol. The van der Waals surface area contributed by atoms with E-state index in [1.165, 1.54) is 29.7 Å². The molecule has 0 atom stereocenters. The van der Waals surface area contributed by atoms with E-state index in [1.54, 1.807) is 0 Å². The van der Waals surface area contributed by atoms with Crippen LogP contribution in [-0.4, -0.2) is 24.9 Å². The zero-order valence-electron chi connectivity index (χ0n) is 12.0. The van der Waals surface area contributed by atoms with Crippen LogP contribution in [0.5, 0.6) is 0 Å². The molecule has 0 saturated heterocycles. The Morgan fingerprint density at radius 1 is 1.38 bits per heavy atom. The molecule has 0 aromatic carbocycles. The molecular weight excluding hydrogens is 308 g/mol. The molecule has 0 aliphatic heterocycles. The van der Waals surface area contributed by atoms with Gasteiger partial charge in [-0.3, -0.25) is 0 Å². The Labute approximate surface area is 128 Å². The van der Waals surface area contributed by atoms with Crippen LogP contribution in [0.1, 0.15) is 24.0 Å². The lowest BCUT2D eigenvalue weighted by molar-refractivity contribution is 0.581. The van der Waals surface area contributed by atoms with E-state index >= 15 is 0 Å². The minimum Gasteiger partial charge on any atom is -0.370 e. The van der Waals surface area contributed by atoms with Gasteiger partial charge in [0.2, 0.25) is 10.0 Å². The average molecular weight is 326 g/mol. The lowest BCUT2D eigenvalue weighted by Gasteiger charge is -2.08. The maximum Gasteiger partial charge on any atom is 0.241 e. The Bertz CT molecular complexity index is 698. The van der Waals surface area contributed by atoms with Crippen LogP contribution in [0, 0.1) is 6.92 Å². The summed E-state index contributed by atoms with van der Waals surface area (Å²) in [5, 5.41) is 5.71. The number of rotatable bonds is 7. The molecule has 0 aliphatic rings.